The quantitative estimate of drug-likeness (QED) is 0.650. The van der Waals surface area contributed by atoms with Gasteiger partial charge in [0, 0.05) is 11.1 Å². The van der Waals surface area contributed by atoms with Crippen LogP contribution in [0.15, 0.2) is 54.6 Å². The molecule has 0 aromatic heterocycles. The maximum atomic E-state index is 13.7. The largest absolute Gasteiger partial charge is 0.433 e. The fourth-order valence-electron chi connectivity index (χ4n) is 2.12. The van der Waals surface area contributed by atoms with E-state index in [1.165, 1.54) is 36.4 Å². The molecule has 0 aliphatic rings. The third-order valence-electron chi connectivity index (χ3n) is 3.49. The molecule has 0 amide bonds. The van der Waals surface area contributed by atoms with E-state index in [0.29, 0.717) is 0 Å². The highest BCUT2D eigenvalue weighted by atomic mass is 19.4. The standard InChI is InChI=1S/C18H14F4O2/c1-16(23,14-9-5-6-10-15(14)19)11-12-17(24,18(20,21)22)13-7-3-2-4-8-13/h2-10,23-24H,1H3. The van der Waals surface area contributed by atoms with Gasteiger partial charge in [-0.1, -0.05) is 60.4 Å². The highest BCUT2D eigenvalue weighted by Gasteiger charge is 2.54. The first-order chi connectivity index (χ1) is 11.1. The van der Waals surface area contributed by atoms with Crippen LogP contribution < -0.4 is 0 Å². The van der Waals surface area contributed by atoms with E-state index in [-0.39, 0.29) is 5.56 Å². The molecule has 2 aromatic carbocycles. The Morgan fingerprint density at radius 1 is 0.833 bits per heavy atom. The number of halogens is 4. The molecule has 0 aliphatic carbocycles. The van der Waals surface area contributed by atoms with E-state index in [4.69, 9.17) is 0 Å². The molecule has 2 unspecified atom stereocenters. The predicted octanol–water partition coefficient (Wildman–Crippen LogP) is 3.49. The van der Waals surface area contributed by atoms with Crippen molar-refractivity contribution in [2.45, 2.75) is 24.3 Å². The van der Waals surface area contributed by atoms with Gasteiger partial charge in [0.2, 0.25) is 5.60 Å². The third kappa shape index (κ3) is 3.42. The Morgan fingerprint density at radius 2 is 1.38 bits per heavy atom. The van der Waals surface area contributed by atoms with Gasteiger partial charge in [0.05, 0.1) is 0 Å². The molecule has 0 bridgehead atoms. The number of rotatable bonds is 2. The molecule has 126 valence electrons. The molecule has 0 radical (unpaired) electrons. The first-order valence-corrected chi connectivity index (χ1v) is 6.94. The number of hydrogen-bond donors (Lipinski definition) is 2. The lowest BCUT2D eigenvalue weighted by Gasteiger charge is -2.26. The molecule has 0 saturated carbocycles. The van der Waals surface area contributed by atoms with Gasteiger partial charge in [0.1, 0.15) is 5.82 Å². The summed E-state index contributed by atoms with van der Waals surface area (Å²) in [6.07, 6.45) is -5.10. The zero-order valence-corrected chi connectivity index (χ0v) is 12.6. The van der Waals surface area contributed by atoms with E-state index in [2.05, 4.69) is 0 Å². The molecule has 2 nitrogen and oxygen atoms in total. The molecule has 0 aliphatic heterocycles. The molecule has 2 aromatic rings. The average Bonchev–Trinajstić information content (AvgIpc) is 2.52. The second-order valence-corrected chi connectivity index (χ2v) is 5.38. The van der Waals surface area contributed by atoms with Crippen LogP contribution in [0.3, 0.4) is 0 Å². The van der Waals surface area contributed by atoms with E-state index >= 15 is 0 Å². The van der Waals surface area contributed by atoms with E-state index in [9.17, 15) is 27.8 Å². The molecule has 2 rings (SSSR count). The molecule has 0 heterocycles. The summed E-state index contributed by atoms with van der Waals surface area (Å²) in [5, 5.41) is 20.3. The van der Waals surface area contributed by atoms with Crippen LogP contribution in [-0.4, -0.2) is 16.4 Å². The summed E-state index contributed by atoms with van der Waals surface area (Å²) in [5.41, 5.74) is -6.47. The van der Waals surface area contributed by atoms with Crippen molar-refractivity contribution in [3.05, 3.63) is 71.5 Å². The predicted molar refractivity (Wildman–Crippen MR) is 80.1 cm³/mol. The van der Waals surface area contributed by atoms with Crippen LogP contribution in [0.2, 0.25) is 0 Å². The van der Waals surface area contributed by atoms with Gasteiger partial charge in [0.15, 0.2) is 5.60 Å². The van der Waals surface area contributed by atoms with E-state index in [1.54, 1.807) is 5.92 Å². The van der Waals surface area contributed by atoms with E-state index in [1.807, 2.05) is 5.92 Å². The highest BCUT2D eigenvalue weighted by molar-refractivity contribution is 5.38. The highest BCUT2D eigenvalue weighted by Crippen LogP contribution is 2.38. The molecular formula is C18H14F4O2. The minimum absolute atomic E-state index is 0.282. The number of alkyl halides is 3. The fraction of sp³-hybridized carbons (Fsp3) is 0.222. The SMILES string of the molecule is CC(O)(C#CC(O)(c1ccccc1)C(F)(F)F)c1ccccc1F. The third-order valence-corrected chi connectivity index (χ3v) is 3.49. The van der Waals surface area contributed by atoms with Crippen molar-refractivity contribution in [3.8, 4) is 11.8 Å². The normalized spacial score (nSPS) is 16.5. The summed E-state index contributed by atoms with van der Waals surface area (Å²) in [6, 6.07) is 11.3. The van der Waals surface area contributed by atoms with Gasteiger partial charge in [-0.2, -0.15) is 13.2 Å². The van der Waals surface area contributed by atoms with Crippen molar-refractivity contribution in [1.29, 1.82) is 0 Å². The summed E-state index contributed by atoms with van der Waals surface area (Å²) >= 11 is 0. The van der Waals surface area contributed by atoms with Gasteiger partial charge >= 0.3 is 6.18 Å². The fourth-order valence-corrected chi connectivity index (χ4v) is 2.12. The molecule has 0 saturated heterocycles. The lowest BCUT2D eigenvalue weighted by molar-refractivity contribution is -0.240. The lowest BCUT2D eigenvalue weighted by atomic mass is 9.90. The Hall–Kier alpha value is -2.36. The van der Waals surface area contributed by atoms with Crippen molar-refractivity contribution in [3.63, 3.8) is 0 Å². The van der Waals surface area contributed by atoms with Crippen molar-refractivity contribution in [2.75, 3.05) is 0 Å². The van der Waals surface area contributed by atoms with Gasteiger partial charge in [-0.3, -0.25) is 0 Å². The Kier molecular flexibility index (Phi) is 4.70. The summed E-state index contributed by atoms with van der Waals surface area (Å²) in [7, 11) is 0. The maximum Gasteiger partial charge on any atom is 0.433 e. The molecule has 6 heteroatoms. The summed E-state index contributed by atoms with van der Waals surface area (Å²) in [6.45, 7) is 1.06. The topological polar surface area (TPSA) is 40.5 Å². The van der Waals surface area contributed by atoms with Gasteiger partial charge in [0.25, 0.3) is 0 Å². The number of benzene rings is 2. The Morgan fingerprint density at radius 3 is 1.92 bits per heavy atom. The Balaban J connectivity index is 2.54. The molecule has 0 fully saturated rings. The number of aliphatic hydroxyl groups is 2. The van der Waals surface area contributed by atoms with Gasteiger partial charge in [-0.05, 0) is 13.0 Å². The van der Waals surface area contributed by atoms with E-state index in [0.717, 1.165) is 25.1 Å². The van der Waals surface area contributed by atoms with Crippen LogP contribution in [0.25, 0.3) is 0 Å². The van der Waals surface area contributed by atoms with Gasteiger partial charge < -0.3 is 10.2 Å². The molecule has 0 spiro atoms. The minimum atomic E-state index is -5.10. The molecule has 2 N–H and O–H groups in total. The van der Waals surface area contributed by atoms with Crippen molar-refractivity contribution in [1.82, 2.24) is 0 Å². The first-order valence-electron chi connectivity index (χ1n) is 6.94. The van der Waals surface area contributed by atoms with Crippen molar-refractivity contribution in [2.24, 2.45) is 0 Å². The summed E-state index contributed by atoms with van der Waals surface area (Å²) < 4.78 is 53.8. The van der Waals surface area contributed by atoms with E-state index < -0.39 is 28.8 Å². The van der Waals surface area contributed by atoms with Crippen molar-refractivity contribution >= 4 is 0 Å². The molecular weight excluding hydrogens is 324 g/mol. The first kappa shape index (κ1) is 18.0. The average molecular weight is 338 g/mol. The second-order valence-electron chi connectivity index (χ2n) is 5.38. The van der Waals surface area contributed by atoms with Crippen LogP contribution in [0, 0.1) is 17.7 Å². The smallest absolute Gasteiger partial charge is 0.374 e. The minimum Gasteiger partial charge on any atom is -0.374 e. The van der Waals surface area contributed by atoms with Crippen LogP contribution in [0.5, 0.6) is 0 Å². The van der Waals surface area contributed by atoms with Gasteiger partial charge in [-0.15, -0.1) is 0 Å². The number of hydrogen-bond acceptors (Lipinski definition) is 2. The summed E-state index contributed by atoms with van der Waals surface area (Å²) in [5.74, 6) is 2.83. The second kappa shape index (κ2) is 6.27. The van der Waals surface area contributed by atoms with Crippen LogP contribution >= 0.6 is 0 Å². The lowest BCUT2D eigenvalue weighted by Crippen LogP contribution is -2.41. The van der Waals surface area contributed by atoms with Crippen LogP contribution in [0.1, 0.15) is 18.1 Å². The van der Waals surface area contributed by atoms with Crippen LogP contribution in [0.4, 0.5) is 17.6 Å². The summed E-state index contributed by atoms with van der Waals surface area (Å²) in [4.78, 5) is 0. The van der Waals surface area contributed by atoms with Crippen molar-refractivity contribution < 1.29 is 27.8 Å². The molecule has 2 atom stereocenters. The zero-order valence-electron chi connectivity index (χ0n) is 12.6. The monoisotopic (exact) mass is 338 g/mol. The maximum absolute atomic E-state index is 13.7. The molecule has 24 heavy (non-hydrogen) atoms. The Labute approximate surface area is 136 Å². The van der Waals surface area contributed by atoms with Crippen LogP contribution in [-0.2, 0) is 11.2 Å². The Bertz CT molecular complexity index is 773. The zero-order chi connectivity index (χ0) is 18.0. The van der Waals surface area contributed by atoms with Gasteiger partial charge in [-0.25, -0.2) is 4.39 Å².